The fraction of sp³-hybridized carbons (Fsp3) is 0.0833. The Morgan fingerprint density at radius 2 is 1.12 bits per heavy atom. The Bertz CT molecular complexity index is 1160. The van der Waals surface area contributed by atoms with Crippen molar-refractivity contribution < 1.29 is 0 Å². The second-order valence-electron chi connectivity index (χ2n) is 6.62. The van der Waals surface area contributed by atoms with Gasteiger partial charge in [0.2, 0.25) is 0 Å². The third kappa shape index (κ3) is 3.27. The van der Waals surface area contributed by atoms with Gasteiger partial charge in [-0.1, -0.05) is 59.7 Å². The van der Waals surface area contributed by atoms with Crippen molar-refractivity contribution in [1.29, 1.82) is 0 Å². The molecule has 5 aromatic rings. The summed E-state index contributed by atoms with van der Waals surface area (Å²) in [7, 11) is 0. The van der Waals surface area contributed by atoms with E-state index < -0.39 is 0 Å². The quantitative estimate of drug-likeness (QED) is 0.302. The Hall–Kier alpha value is -3.06. The summed E-state index contributed by atoms with van der Waals surface area (Å²) in [5.74, 6) is 0. The molecule has 0 saturated carbocycles. The van der Waals surface area contributed by atoms with Gasteiger partial charge in [-0.25, -0.2) is 0 Å². The van der Waals surface area contributed by atoms with Gasteiger partial charge in [-0.05, 0) is 71.1 Å². The van der Waals surface area contributed by atoms with Crippen molar-refractivity contribution in [2.75, 3.05) is 0 Å². The van der Waals surface area contributed by atoms with Gasteiger partial charge in [0.05, 0.1) is 0 Å². The minimum atomic E-state index is 1.21. The molecule has 5 rings (SSSR count). The molecule has 122 valence electrons. The van der Waals surface area contributed by atoms with Gasteiger partial charge in [0, 0.05) is 11.7 Å². The van der Waals surface area contributed by atoms with Crippen molar-refractivity contribution in [2.45, 2.75) is 13.8 Å². The first-order valence-electron chi connectivity index (χ1n) is 8.62. The molecule has 0 aliphatic rings. The average Bonchev–Trinajstić information content (AvgIpc) is 3.08. The molecule has 1 N–H and O–H groups in total. The van der Waals surface area contributed by atoms with Crippen LogP contribution in [0.15, 0.2) is 85.1 Å². The Kier molecular flexibility index (Phi) is 3.99. The van der Waals surface area contributed by atoms with Crippen LogP contribution in [0.3, 0.4) is 0 Å². The lowest BCUT2D eigenvalue weighted by atomic mass is 10.0. The maximum atomic E-state index is 3.15. The number of hydrogen-bond acceptors (Lipinski definition) is 0. The van der Waals surface area contributed by atoms with E-state index in [9.17, 15) is 0 Å². The van der Waals surface area contributed by atoms with Crippen LogP contribution < -0.4 is 0 Å². The number of fused-ring (bicyclic) bond motifs is 3. The fourth-order valence-corrected chi connectivity index (χ4v) is 3.23. The van der Waals surface area contributed by atoms with E-state index in [2.05, 4.69) is 97.7 Å². The fourth-order valence-electron chi connectivity index (χ4n) is 3.23. The van der Waals surface area contributed by atoms with Crippen LogP contribution in [0, 0.1) is 13.8 Å². The first-order chi connectivity index (χ1) is 12.2. The van der Waals surface area contributed by atoms with Gasteiger partial charge in [0.25, 0.3) is 0 Å². The molecule has 1 aromatic heterocycles. The summed E-state index contributed by atoms with van der Waals surface area (Å²) < 4.78 is 0. The Balaban J connectivity index is 0.000000136. The molecular weight excluding hydrogens is 302 g/mol. The molecule has 0 saturated heterocycles. The van der Waals surface area contributed by atoms with E-state index in [4.69, 9.17) is 0 Å². The molecule has 0 aliphatic heterocycles. The van der Waals surface area contributed by atoms with E-state index >= 15 is 0 Å². The van der Waals surface area contributed by atoms with Crippen molar-refractivity contribution in [2.24, 2.45) is 0 Å². The first-order valence-corrected chi connectivity index (χ1v) is 8.62. The summed E-state index contributed by atoms with van der Waals surface area (Å²) in [6.07, 6.45) is 1.96. The molecule has 25 heavy (non-hydrogen) atoms. The van der Waals surface area contributed by atoms with Crippen LogP contribution >= 0.6 is 0 Å². The van der Waals surface area contributed by atoms with Crippen molar-refractivity contribution >= 4 is 32.4 Å². The van der Waals surface area contributed by atoms with Crippen LogP contribution in [0.25, 0.3) is 32.4 Å². The largest absolute Gasteiger partial charge is 0.361 e. The van der Waals surface area contributed by atoms with E-state index in [-0.39, 0.29) is 0 Å². The number of H-pyrrole nitrogens is 1. The highest BCUT2D eigenvalue weighted by atomic mass is 14.7. The standard InChI is InChI=1S/C15H12.C9H9N/c1-11-6-7-14-9-12-4-2-3-5-13(12)10-15(14)8-11;1-7-2-3-9-8(6-7)4-5-10-9/h2-10H,1H3;2-6,10H,1H3. The third-order valence-corrected chi connectivity index (χ3v) is 4.57. The van der Waals surface area contributed by atoms with Crippen molar-refractivity contribution in [1.82, 2.24) is 4.98 Å². The second kappa shape index (κ2) is 6.45. The van der Waals surface area contributed by atoms with Crippen LogP contribution in [0.4, 0.5) is 0 Å². The smallest absolute Gasteiger partial charge is 0.0454 e. The van der Waals surface area contributed by atoms with Gasteiger partial charge in [-0.15, -0.1) is 0 Å². The predicted octanol–water partition coefficient (Wildman–Crippen LogP) is 6.78. The molecule has 0 unspecified atom stereocenters. The molecule has 1 nitrogen and oxygen atoms in total. The third-order valence-electron chi connectivity index (χ3n) is 4.57. The van der Waals surface area contributed by atoms with E-state index in [1.807, 2.05) is 6.20 Å². The number of aromatic amines is 1. The molecule has 0 aliphatic carbocycles. The number of hydrogen-bond donors (Lipinski definition) is 1. The minimum Gasteiger partial charge on any atom is -0.361 e. The lowest BCUT2D eigenvalue weighted by molar-refractivity contribution is 1.46. The van der Waals surface area contributed by atoms with E-state index in [1.54, 1.807) is 0 Å². The maximum Gasteiger partial charge on any atom is 0.0454 e. The van der Waals surface area contributed by atoms with Crippen molar-refractivity contribution in [3.05, 3.63) is 96.2 Å². The van der Waals surface area contributed by atoms with E-state index in [1.165, 1.54) is 43.6 Å². The van der Waals surface area contributed by atoms with Crippen molar-refractivity contribution in [3.8, 4) is 0 Å². The van der Waals surface area contributed by atoms with Gasteiger partial charge in [0.1, 0.15) is 0 Å². The lowest BCUT2D eigenvalue weighted by Crippen LogP contribution is -1.77. The van der Waals surface area contributed by atoms with Gasteiger partial charge in [0.15, 0.2) is 0 Å². The molecule has 4 aromatic carbocycles. The zero-order chi connectivity index (χ0) is 17.2. The second-order valence-corrected chi connectivity index (χ2v) is 6.62. The Morgan fingerprint density at radius 3 is 1.88 bits per heavy atom. The Morgan fingerprint density at radius 1 is 0.520 bits per heavy atom. The van der Waals surface area contributed by atoms with Crippen molar-refractivity contribution in [3.63, 3.8) is 0 Å². The maximum absolute atomic E-state index is 3.15. The average molecular weight is 323 g/mol. The van der Waals surface area contributed by atoms with Crippen LogP contribution in [-0.2, 0) is 0 Å². The van der Waals surface area contributed by atoms with Gasteiger partial charge >= 0.3 is 0 Å². The summed E-state index contributed by atoms with van der Waals surface area (Å²) in [5.41, 5.74) is 3.84. The topological polar surface area (TPSA) is 15.8 Å². The predicted molar refractivity (Wildman–Crippen MR) is 109 cm³/mol. The summed E-state index contributed by atoms with van der Waals surface area (Å²) in [4.78, 5) is 3.15. The van der Waals surface area contributed by atoms with E-state index in [0.29, 0.717) is 0 Å². The van der Waals surface area contributed by atoms with E-state index in [0.717, 1.165) is 0 Å². The summed E-state index contributed by atoms with van der Waals surface area (Å²) >= 11 is 0. The zero-order valence-electron chi connectivity index (χ0n) is 14.6. The molecule has 0 fully saturated rings. The molecule has 0 bridgehead atoms. The van der Waals surface area contributed by atoms with Gasteiger partial charge in [-0.3, -0.25) is 0 Å². The monoisotopic (exact) mass is 323 g/mol. The SMILES string of the molecule is Cc1ccc2[nH]ccc2c1.Cc1ccc2cc3ccccc3cc2c1. The summed E-state index contributed by atoms with van der Waals surface area (Å²) in [6, 6.07) is 28.1. The highest BCUT2D eigenvalue weighted by Gasteiger charge is 1.97. The molecule has 0 spiro atoms. The minimum absolute atomic E-state index is 1.21. The zero-order valence-corrected chi connectivity index (χ0v) is 14.6. The number of aryl methyl sites for hydroxylation is 2. The first kappa shape index (κ1) is 15.5. The number of benzene rings is 4. The highest BCUT2D eigenvalue weighted by molar-refractivity contribution is 5.98. The van der Waals surface area contributed by atoms with Crippen LogP contribution in [0.5, 0.6) is 0 Å². The van der Waals surface area contributed by atoms with Gasteiger partial charge in [-0.2, -0.15) is 0 Å². The lowest BCUT2D eigenvalue weighted by Gasteiger charge is -2.02. The highest BCUT2D eigenvalue weighted by Crippen LogP contribution is 2.23. The van der Waals surface area contributed by atoms with Crippen LogP contribution in [0.2, 0.25) is 0 Å². The number of nitrogens with one attached hydrogen (secondary N) is 1. The summed E-state index contributed by atoms with van der Waals surface area (Å²) in [6.45, 7) is 4.24. The molecule has 1 heterocycles. The Labute approximate surface area is 147 Å². The molecule has 0 atom stereocenters. The van der Waals surface area contributed by atoms with Crippen LogP contribution in [-0.4, -0.2) is 4.98 Å². The van der Waals surface area contributed by atoms with Gasteiger partial charge < -0.3 is 4.98 Å². The molecule has 0 radical (unpaired) electrons. The summed E-state index contributed by atoms with van der Waals surface area (Å²) in [5, 5.41) is 6.57. The number of rotatable bonds is 0. The normalized spacial score (nSPS) is 10.8. The number of aromatic nitrogens is 1. The molecular formula is C24H21N. The van der Waals surface area contributed by atoms with Crippen LogP contribution in [0.1, 0.15) is 11.1 Å². The molecule has 1 heteroatoms. The molecule has 0 amide bonds.